The summed E-state index contributed by atoms with van der Waals surface area (Å²) in [6.45, 7) is 2.35. The molecule has 6 heteroatoms. The highest BCUT2D eigenvalue weighted by Crippen LogP contribution is 1.96. The molecule has 6 nitrogen and oxygen atoms in total. The van der Waals surface area contributed by atoms with E-state index < -0.39 is 25.3 Å². The second-order valence-electron chi connectivity index (χ2n) is 2.20. The Morgan fingerprint density at radius 1 is 1.15 bits per heavy atom. The van der Waals surface area contributed by atoms with Crippen LogP contribution in [0.5, 0.6) is 0 Å². The zero-order chi connectivity index (χ0) is 10.3. The molecule has 13 heavy (non-hydrogen) atoms. The summed E-state index contributed by atoms with van der Waals surface area (Å²) in [5, 5.41) is 20.8. The Bertz CT molecular complexity index is 215. The van der Waals surface area contributed by atoms with Gasteiger partial charge >= 0.3 is 0 Å². The van der Waals surface area contributed by atoms with E-state index in [9.17, 15) is 9.59 Å². The summed E-state index contributed by atoms with van der Waals surface area (Å²) in [6.07, 6.45) is -0.202. The average molecular weight is 188 g/mol. The fraction of sp³-hybridized carbons (Fsp3) is 0.429. The second-order valence-corrected chi connectivity index (χ2v) is 2.20. The topological polar surface area (TPSA) is 98.7 Å². The maximum absolute atomic E-state index is 10.9. The standard InChI is InChI=1S/C7H12N2O4/c1-5(7(13)9-4-11)2-6(12)8-3-10/h10-11H,1-4H2,(H,8,12)(H,9,13). The van der Waals surface area contributed by atoms with Crippen molar-refractivity contribution >= 4 is 11.8 Å². The Hall–Kier alpha value is -1.40. The van der Waals surface area contributed by atoms with Gasteiger partial charge in [-0.3, -0.25) is 9.59 Å². The summed E-state index contributed by atoms with van der Waals surface area (Å²) in [7, 11) is 0. The van der Waals surface area contributed by atoms with Crippen molar-refractivity contribution in [3.63, 3.8) is 0 Å². The third kappa shape index (κ3) is 4.94. The molecule has 2 amide bonds. The number of amides is 2. The number of aliphatic hydroxyl groups excluding tert-OH is 2. The molecule has 0 aliphatic carbocycles. The first-order valence-corrected chi connectivity index (χ1v) is 3.56. The van der Waals surface area contributed by atoms with E-state index in [2.05, 4.69) is 17.2 Å². The third-order valence-corrected chi connectivity index (χ3v) is 1.21. The zero-order valence-electron chi connectivity index (χ0n) is 7.04. The molecule has 0 rings (SSSR count). The van der Waals surface area contributed by atoms with Gasteiger partial charge in [-0.25, -0.2) is 0 Å². The predicted molar refractivity (Wildman–Crippen MR) is 44.2 cm³/mol. The highest BCUT2D eigenvalue weighted by atomic mass is 16.3. The molecule has 0 spiro atoms. The number of rotatable bonds is 5. The zero-order valence-corrected chi connectivity index (χ0v) is 7.04. The highest BCUT2D eigenvalue weighted by Gasteiger charge is 2.09. The van der Waals surface area contributed by atoms with Crippen LogP contribution in [0, 0.1) is 0 Å². The lowest BCUT2D eigenvalue weighted by molar-refractivity contribution is -0.124. The minimum atomic E-state index is -0.587. The van der Waals surface area contributed by atoms with Gasteiger partial charge in [-0.1, -0.05) is 6.58 Å². The summed E-state index contributed by atoms with van der Waals surface area (Å²) in [4.78, 5) is 21.7. The lowest BCUT2D eigenvalue weighted by Crippen LogP contribution is -2.30. The maximum Gasteiger partial charge on any atom is 0.248 e. The summed E-state index contributed by atoms with van der Waals surface area (Å²) in [5.41, 5.74) is 0.0278. The Balaban J connectivity index is 3.86. The minimum absolute atomic E-state index is 0.0278. The van der Waals surface area contributed by atoms with E-state index in [-0.39, 0.29) is 12.0 Å². The van der Waals surface area contributed by atoms with E-state index in [1.54, 1.807) is 0 Å². The molecular formula is C7H12N2O4. The Kier molecular flexibility index (Phi) is 5.49. The average Bonchev–Trinajstić information content (AvgIpc) is 2.05. The summed E-state index contributed by atoms with van der Waals surface area (Å²) in [5.74, 6) is -1.09. The van der Waals surface area contributed by atoms with Gasteiger partial charge in [0.2, 0.25) is 11.8 Å². The summed E-state index contributed by atoms with van der Waals surface area (Å²) >= 11 is 0. The van der Waals surface area contributed by atoms with Gasteiger partial charge < -0.3 is 20.8 Å². The van der Waals surface area contributed by atoms with Gasteiger partial charge in [0.25, 0.3) is 0 Å². The van der Waals surface area contributed by atoms with Gasteiger partial charge in [0.05, 0.1) is 6.42 Å². The molecule has 0 fully saturated rings. The van der Waals surface area contributed by atoms with E-state index in [0.29, 0.717) is 0 Å². The third-order valence-electron chi connectivity index (χ3n) is 1.21. The van der Waals surface area contributed by atoms with Gasteiger partial charge in [-0.05, 0) is 0 Å². The Labute approximate surface area is 75.3 Å². The van der Waals surface area contributed by atoms with Crippen molar-refractivity contribution < 1.29 is 19.8 Å². The van der Waals surface area contributed by atoms with Gasteiger partial charge in [-0.2, -0.15) is 0 Å². The molecule has 74 valence electrons. The lowest BCUT2D eigenvalue weighted by Gasteiger charge is -2.04. The Morgan fingerprint density at radius 3 is 2.15 bits per heavy atom. The Morgan fingerprint density at radius 2 is 1.69 bits per heavy atom. The number of aliphatic hydroxyl groups is 2. The number of carbonyl (C=O) groups excluding carboxylic acids is 2. The summed E-state index contributed by atoms with van der Waals surface area (Å²) in [6, 6.07) is 0. The van der Waals surface area contributed by atoms with Crippen LogP contribution in [0.25, 0.3) is 0 Å². The maximum atomic E-state index is 10.9. The number of carbonyl (C=O) groups is 2. The molecule has 0 radical (unpaired) electrons. The molecule has 0 aliphatic rings. The highest BCUT2D eigenvalue weighted by molar-refractivity contribution is 5.97. The van der Waals surface area contributed by atoms with Crippen molar-refractivity contribution in [1.29, 1.82) is 0 Å². The first kappa shape index (κ1) is 11.6. The van der Waals surface area contributed by atoms with Crippen LogP contribution < -0.4 is 10.6 Å². The van der Waals surface area contributed by atoms with Crippen LogP contribution in [0.2, 0.25) is 0 Å². The molecular weight excluding hydrogens is 176 g/mol. The lowest BCUT2D eigenvalue weighted by atomic mass is 10.2. The smallest absolute Gasteiger partial charge is 0.248 e. The first-order valence-electron chi connectivity index (χ1n) is 3.56. The van der Waals surface area contributed by atoms with Crippen molar-refractivity contribution in [1.82, 2.24) is 10.6 Å². The molecule has 0 aliphatic heterocycles. The summed E-state index contributed by atoms with van der Waals surface area (Å²) < 4.78 is 0. The molecule has 0 aromatic carbocycles. The van der Waals surface area contributed by atoms with Crippen molar-refractivity contribution in [2.24, 2.45) is 0 Å². The van der Waals surface area contributed by atoms with E-state index in [0.717, 1.165) is 0 Å². The minimum Gasteiger partial charge on any atom is -0.377 e. The van der Waals surface area contributed by atoms with Gasteiger partial charge in [-0.15, -0.1) is 0 Å². The SMILES string of the molecule is C=C(CC(=O)NCO)C(=O)NCO. The molecule has 0 atom stereocenters. The fourth-order valence-electron chi connectivity index (χ4n) is 0.622. The molecule has 0 aromatic heterocycles. The van der Waals surface area contributed by atoms with Crippen molar-refractivity contribution in [2.45, 2.75) is 6.42 Å². The predicted octanol–water partition coefficient (Wildman–Crippen LogP) is -1.94. The van der Waals surface area contributed by atoms with Crippen LogP contribution in [0.4, 0.5) is 0 Å². The van der Waals surface area contributed by atoms with Gasteiger partial charge in [0, 0.05) is 5.57 Å². The van der Waals surface area contributed by atoms with E-state index >= 15 is 0 Å². The first-order chi connectivity index (χ1) is 6.11. The second kappa shape index (κ2) is 6.15. The molecule has 0 saturated heterocycles. The van der Waals surface area contributed by atoms with Crippen molar-refractivity contribution in [3.8, 4) is 0 Å². The van der Waals surface area contributed by atoms with Gasteiger partial charge in [0.15, 0.2) is 0 Å². The van der Waals surface area contributed by atoms with E-state index in [1.165, 1.54) is 0 Å². The normalized spacial score (nSPS) is 9.08. The van der Waals surface area contributed by atoms with Crippen LogP contribution >= 0.6 is 0 Å². The molecule has 4 N–H and O–H groups in total. The molecule has 0 bridgehead atoms. The molecule has 0 unspecified atom stereocenters. The largest absolute Gasteiger partial charge is 0.377 e. The van der Waals surface area contributed by atoms with E-state index in [1.807, 2.05) is 0 Å². The van der Waals surface area contributed by atoms with Crippen molar-refractivity contribution in [2.75, 3.05) is 13.5 Å². The molecule has 0 aromatic rings. The quantitative estimate of drug-likeness (QED) is 0.298. The van der Waals surface area contributed by atoms with Crippen LogP contribution in [-0.2, 0) is 9.59 Å². The van der Waals surface area contributed by atoms with Crippen molar-refractivity contribution in [3.05, 3.63) is 12.2 Å². The van der Waals surface area contributed by atoms with Crippen LogP contribution in [-0.4, -0.2) is 35.5 Å². The fourth-order valence-corrected chi connectivity index (χ4v) is 0.622. The number of hydrogen-bond acceptors (Lipinski definition) is 4. The number of nitrogens with one attached hydrogen (secondary N) is 2. The number of hydrogen-bond donors (Lipinski definition) is 4. The van der Waals surface area contributed by atoms with Gasteiger partial charge in [0.1, 0.15) is 13.5 Å². The van der Waals surface area contributed by atoms with Crippen LogP contribution in [0.1, 0.15) is 6.42 Å². The molecule has 0 saturated carbocycles. The van der Waals surface area contributed by atoms with Crippen LogP contribution in [0.15, 0.2) is 12.2 Å². The van der Waals surface area contributed by atoms with E-state index in [4.69, 9.17) is 10.2 Å². The monoisotopic (exact) mass is 188 g/mol. The van der Waals surface area contributed by atoms with Crippen LogP contribution in [0.3, 0.4) is 0 Å². The molecule has 0 heterocycles.